The maximum atomic E-state index is 12.9. The molecule has 0 aliphatic carbocycles. The van der Waals surface area contributed by atoms with Gasteiger partial charge < -0.3 is 10.1 Å². The molecule has 2 heterocycles. The van der Waals surface area contributed by atoms with Gasteiger partial charge in [-0.05, 0) is 24.1 Å². The third kappa shape index (κ3) is 5.12. The second-order valence-electron chi connectivity index (χ2n) is 6.52. The van der Waals surface area contributed by atoms with E-state index in [1.807, 2.05) is 25.1 Å². The van der Waals surface area contributed by atoms with Crippen LogP contribution in [0.4, 0.5) is 5.69 Å². The average Bonchev–Trinajstić information content (AvgIpc) is 2.64. The van der Waals surface area contributed by atoms with Crippen molar-refractivity contribution in [3.8, 4) is 0 Å². The fourth-order valence-electron chi connectivity index (χ4n) is 3.04. The van der Waals surface area contributed by atoms with E-state index in [-0.39, 0.29) is 31.2 Å². The van der Waals surface area contributed by atoms with E-state index < -0.39 is 16.1 Å². The minimum atomic E-state index is -3.55. The molecule has 1 saturated heterocycles. The van der Waals surface area contributed by atoms with Crippen LogP contribution in [-0.2, 0) is 25.3 Å². The molecule has 1 aliphatic rings. The number of aryl methyl sites for hydroxylation is 1. The maximum Gasteiger partial charge on any atom is 0.226 e. The first-order valence-electron chi connectivity index (χ1n) is 8.77. The summed E-state index contributed by atoms with van der Waals surface area (Å²) in [6, 6.07) is 10.3. The highest BCUT2D eigenvalue weighted by Crippen LogP contribution is 2.20. The molecule has 1 amide bonds. The minimum absolute atomic E-state index is 0.0301. The van der Waals surface area contributed by atoms with Crippen molar-refractivity contribution in [1.82, 2.24) is 9.29 Å². The number of hydrogen-bond donors (Lipinski definition) is 1. The Morgan fingerprint density at radius 1 is 1.30 bits per heavy atom. The molecule has 1 aromatic carbocycles. The van der Waals surface area contributed by atoms with Gasteiger partial charge in [0, 0.05) is 19.2 Å². The van der Waals surface area contributed by atoms with Crippen molar-refractivity contribution in [2.45, 2.75) is 25.1 Å². The number of pyridine rings is 1. The maximum absolute atomic E-state index is 12.9. The Bertz CT molecular complexity index is 887. The molecule has 1 N–H and O–H groups in total. The van der Waals surface area contributed by atoms with Gasteiger partial charge in [-0.1, -0.05) is 30.3 Å². The van der Waals surface area contributed by atoms with Crippen LogP contribution in [0.25, 0.3) is 0 Å². The van der Waals surface area contributed by atoms with E-state index in [1.54, 1.807) is 30.6 Å². The SMILES string of the molecule is Cc1ccncc1NC(=O)C[C@H]1COCCN1S(=O)(=O)Cc1ccccc1. The molecule has 8 heteroatoms. The van der Waals surface area contributed by atoms with Crippen LogP contribution in [0.15, 0.2) is 48.8 Å². The lowest BCUT2D eigenvalue weighted by Crippen LogP contribution is -2.50. The van der Waals surface area contributed by atoms with Crippen LogP contribution in [0.5, 0.6) is 0 Å². The van der Waals surface area contributed by atoms with Gasteiger partial charge in [-0.3, -0.25) is 9.78 Å². The summed E-state index contributed by atoms with van der Waals surface area (Å²) in [5.41, 5.74) is 2.24. The number of carbonyl (C=O) groups excluding carboxylic acids is 1. The molecule has 1 fully saturated rings. The second kappa shape index (κ2) is 8.60. The number of ether oxygens (including phenoxy) is 1. The van der Waals surface area contributed by atoms with E-state index in [0.717, 1.165) is 11.1 Å². The summed E-state index contributed by atoms with van der Waals surface area (Å²) in [4.78, 5) is 16.4. The van der Waals surface area contributed by atoms with Crippen molar-refractivity contribution in [1.29, 1.82) is 0 Å². The molecule has 3 rings (SSSR count). The lowest BCUT2D eigenvalue weighted by atomic mass is 10.2. The Labute approximate surface area is 159 Å². The van der Waals surface area contributed by atoms with Crippen LogP contribution in [0.2, 0.25) is 0 Å². The molecule has 7 nitrogen and oxygen atoms in total. The number of nitrogens with zero attached hydrogens (tertiary/aromatic N) is 2. The molecule has 1 aromatic heterocycles. The van der Waals surface area contributed by atoms with Crippen LogP contribution in [0, 0.1) is 6.92 Å². The third-order valence-electron chi connectivity index (χ3n) is 4.46. The van der Waals surface area contributed by atoms with Crippen LogP contribution < -0.4 is 5.32 Å². The van der Waals surface area contributed by atoms with Crippen LogP contribution >= 0.6 is 0 Å². The molecular formula is C19H23N3O4S. The van der Waals surface area contributed by atoms with Gasteiger partial charge in [-0.2, -0.15) is 4.31 Å². The number of hydrogen-bond acceptors (Lipinski definition) is 5. The molecule has 144 valence electrons. The fraction of sp³-hybridized carbons (Fsp3) is 0.368. The molecule has 0 saturated carbocycles. The van der Waals surface area contributed by atoms with Gasteiger partial charge in [0.1, 0.15) is 0 Å². The minimum Gasteiger partial charge on any atom is -0.378 e. The van der Waals surface area contributed by atoms with E-state index >= 15 is 0 Å². The second-order valence-corrected chi connectivity index (χ2v) is 8.45. The number of sulfonamides is 1. The zero-order chi connectivity index (χ0) is 19.3. The lowest BCUT2D eigenvalue weighted by molar-refractivity contribution is -0.118. The van der Waals surface area contributed by atoms with Gasteiger partial charge in [-0.15, -0.1) is 0 Å². The number of aromatic nitrogens is 1. The van der Waals surface area contributed by atoms with E-state index in [1.165, 1.54) is 4.31 Å². The Morgan fingerprint density at radius 2 is 2.07 bits per heavy atom. The quantitative estimate of drug-likeness (QED) is 0.816. The molecule has 2 aromatic rings. The zero-order valence-corrected chi connectivity index (χ0v) is 16.0. The number of carbonyl (C=O) groups is 1. The molecule has 0 radical (unpaired) electrons. The number of anilines is 1. The molecule has 1 aliphatic heterocycles. The predicted octanol–water partition coefficient (Wildman–Crippen LogP) is 1.95. The Morgan fingerprint density at radius 3 is 2.81 bits per heavy atom. The summed E-state index contributed by atoms with van der Waals surface area (Å²) in [5, 5.41) is 2.80. The number of morpholine rings is 1. The van der Waals surface area contributed by atoms with Gasteiger partial charge in [0.15, 0.2) is 0 Å². The summed E-state index contributed by atoms with van der Waals surface area (Å²) in [6.07, 6.45) is 3.26. The third-order valence-corrected chi connectivity index (χ3v) is 6.35. The van der Waals surface area contributed by atoms with Gasteiger partial charge >= 0.3 is 0 Å². The fourth-order valence-corrected chi connectivity index (χ4v) is 4.77. The topological polar surface area (TPSA) is 88.6 Å². The Kier molecular flexibility index (Phi) is 6.20. The van der Waals surface area contributed by atoms with Gasteiger partial charge in [-0.25, -0.2) is 8.42 Å². The molecule has 27 heavy (non-hydrogen) atoms. The first kappa shape index (κ1) is 19.5. The summed E-state index contributed by atoms with van der Waals surface area (Å²) < 4.78 is 32.6. The molecule has 0 bridgehead atoms. The van der Waals surface area contributed by atoms with Gasteiger partial charge in [0.2, 0.25) is 15.9 Å². The number of amides is 1. The van der Waals surface area contributed by atoms with E-state index in [0.29, 0.717) is 12.3 Å². The van der Waals surface area contributed by atoms with Crippen molar-refractivity contribution in [2.75, 3.05) is 25.1 Å². The zero-order valence-electron chi connectivity index (χ0n) is 15.2. The van der Waals surface area contributed by atoms with Gasteiger partial charge in [0.05, 0.1) is 36.9 Å². The number of benzene rings is 1. The summed E-state index contributed by atoms with van der Waals surface area (Å²) in [5.74, 6) is -0.352. The monoisotopic (exact) mass is 389 g/mol. The highest BCUT2D eigenvalue weighted by molar-refractivity contribution is 7.88. The van der Waals surface area contributed by atoms with Crippen LogP contribution in [0.3, 0.4) is 0 Å². The standard InChI is InChI=1S/C19H23N3O4S/c1-15-7-8-20-12-18(15)21-19(23)11-17-13-26-10-9-22(17)27(24,25)14-16-5-3-2-4-6-16/h2-8,12,17H,9-11,13-14H2,1H3,(H,21,23)/t17-/m0/s1. The Balaban J connectivity index is 1.69. The van der Waals surface area contributed by atoms with Crippen LogP contribution in [-0.4, -0.2) is 49.4 Å². The largest absolute Gasteiger partial charge is 0.378 e. The van der Waals surface area contributed by atoms with Crippen molar-refractivity contribution in [2.24, 2.45) is 0 Å². The first-order chi connectivity index (χ1) is 13.0. The van der Waals surface area contributed by atoms with Crippen molar-refractivity contribution in [3.05, 3.63) is 59.9 Å². The molecular weight excluding hydrogens is 366 g/mol. The van der Waals surface area contributed by atoms with E-state index in [4.69, 9.17) is 4.74 Å². The predicted molar refractivity (Wildman–Crippen MR) is 103 cm³/mol. The highest BCUT2D eigenvalue weighted by atomic mass is 32.2. The highest BCUT2D eigenvalue weighted by Gasteiger charge is 2.34. The van der Waals surface area contributed by atoms with Crippen LogP contribution in [0.1, 0.15) is 17.5 Å². The van der Waals surface area contributed by atoms with Crippen molar-refractivity contribution >= 4 is 21.6 Å². The molecule has 1 atom stereocenters. The van der Waals surface area contributed by atoms with Gasteiger partial charge in [0.25, 0.3) is 0 Å². The Hall–Kier alpha value is -2.29. The van der Waals surface area contributed by atoms with E-state index in [9.17, 15) is 13.2 Å². The van der Waals surface area contributed by atoms with Crippen molar-refractivity contribution in [3.63, 3.8) is 0 Å². The summed E-state index contributed by atoms with van der Waals surface area (Å²) >= 11 is 0. The molecule has 0 unspecified atom stereocenters. The average molecular weight is 389 g/mol. The summed E-state index contributed by atoms with van der Waals surface area (Å²) in [6.45, 7) is 2.65. The normalized spacial score (nSPS) is 18.2. The van der Waals surface area contributed by atoms with E-state index in [2.05, 4.69) is 10.3 Å². The first-order valence-corrected chi connectivity index (χ1v) is 10.4. The molecule has 0 spiro atoms. The smallest absolute Gasteiger partial charge is 0.226 e. The number of nitrogens with one attached hydrogen (secondary N) is 1. The lowest BCUT2D eigenvalue weighted by Gasteiger charge is -2.34. The van der Waals surface area contributed by atoms with Crippen molar-refractivity contribution < 1.29 is 17.9 Å². The number of rotatable bonds is 6. The summed E-state index contributed by atoms with van der Waals surface area (Å²) in [7, 11) is -3.55.